The van der Waals surface area contributed by atoms with Crippen molar-refractivity contribution >= 4 is 5.91 Å². The maximum atomic E-state index is 12.0. The van der Waals surface area contributed by atoms with E-state index >= 15 is 0 Å². The van der Waals surface area contributed by atoms with Crippen molar-refractivity contribution in [2.75, 3.05) is 26.3 Å². The highest BCUT2D eigenvalue weighted by molar-refractivity contribution is 5.76. The number of nitrogens with zero attached hydrogens (tertiary/aromatic N) is 1. The Balaban J connectivity index is 1.44. The van der Waals surface area contributed by atoms with E-state index in [9.17, 15) is 4.79 Å². The van der Waals surface area contributed by atoms with Gasteiger partial charge in [-0.15, -0.1) is 0 Å². The Morgan fingerprint density at radius 2 is 1.74 bits per heavy atom. The number of carbonyl (C=O) groups is 1. The molecular weight excluding hydrogens is 286 g/mol. The molecule has 3 nitrogen and oxygen atoms in total. The third-order valence-corrected chi connectivity index (χ3v) is 4.23. The van der Waals surface area contributed by atoms with E-state index in [1.54, 1.807) is 0 Å². The summed E-state index contributed by atoms with van der Waals surface area (Å²) >= 11 is 0. The van der Waals surface area contributed by atoms with E-state index in [4.69, 9.17) is 4.74 Å². The Morgan fingerprint density at radius 3 is 2.52 bits per heavy atom. The van der Waals surface area contributed by atoms with Gasteiger partial charge in [0.1, 0.15) is 0 Å². The normalized spacial score (nSPS) is 15.2. The molecule has 1 saturated heterocycles. The average molecular weight is 315 g/mol. The van der Waals surface area contributed by atoms with E-state index in [2.05, 4.69) is 42.5 Å². The summed E-state index contributed by atoms with van der Waals surface area (Å²) in [4.78, 5) is 13.9. The number of benzene rings is 1. The van der Waals surface area contributed by atoms with Gasteiger partial charge in [-0.25, -0.2) is 0 Å². The highest BCUT2D eigenvalue weighted by Crippen LogP contribution is 2.08. The van der Waals surface area contributed by atoms with Gasteiger partial charge in [0.05, 0.1) is 13.2 Å². The summed E-state index contributed by atoms with van der Waals surface area (Å²) in [5, 5.41) is 0. The van der Waals surface area contributed by atoms with Gasteiger partial charge >= 0.3 is 0 Å². The maximum absolute atomic E-state index is 12.0. The van der Waals surface area contributed by atoms with Crippen LogP contribution in [0.15, 0.2) is 42.5 Å². The van der Waals surface area contributed by atoms with Crippen LogP contribution in [0.25, 0.3) is 0 Å². The molecule has 1 aromatic carbocycles. The first-order chi connectivity index (χ1) is 11.4. The number of hydrogen-bond acceptors (Lipinski definition) is 2. The number of rotatable bonds is 9. The maximum Gasteiger partial charge on any atom is 0.222 e. The highest BCUT2D eigenvalue weighted by Gasteiger charge is 2.15. The molecule has 0 aromatic heterocycles. The van der Waals surface area contributed by atoms with Crippen molar-refractivity contribution < 1.29 is 9.53 Å². The highest BCUT2D eigenvalue weighted by atomic mass is 16.5. The largest absolute Gasteiger partial charge is 0.378 e. The summed E-state index contributed by atoms with van der Waals surface area (Å²) in [7, 11) is 0. The molecule has 0 aliphatic carbocycles. The first-order valence-electron chi connectivity index (χ1n) is 8.91. The molecule has 23 heavy (non-hydrogen) atoms. The molecule has 1 aromatic rings. The second-order valence-corrected chi connectivity index (χ2v) is 6.09. The lowest BCUT2D eigenvalue weighted by Gasteiger charge is -2.26. The van der Waals surface area contributed by atoms with E-state index in [1.807, 2.05) is 4.90 Å². The van der Waals surface area contributed by atoms with E-state index in [0.29, 0.717) is 25.5 Å². The number of carbonyl (C=O) groups excluding carboxylic acids is 1. The smallest absolute Gasteiger partial charge is 0.222 e. The monoisotopic (exact) mass is 315 g/mol. The average Bonchev–Trinajstić information content (AvgIpc) is 2.61. The Hall–Kier alpha value is -1.61. The van der Waals surface area contributed by atoms with E-state index in [1.165, 1.54) is 12.0 Å². The molecule has 0 bridgehead atoms. The van der Waals surface area contributed by atoms with Crippen LogP contribution in [0.1, 0.15) is 44.1 Å². The topological polar surface area (TPSA) is 29.5 Å². The Labute approximate surface area is 140 Å². The van der Waals surface area contributed by atoms with Crippen molar-refractivity contribution in [3.63, 3.8) is 0 Å². The summed E-state index contributed by atoms with van der Waals surface area (Å²) in [5.74, 6) is 0.298. The lowest BCUT2D eigenvalue weighted by molar-refractivity contribution is -0.135. The van der Waals surface area contributed by atoms with Crippen LogP contribution in [0.5, 0.6) is 0 Å². The molecule has 0 unspecified atom stereocenters. The molecule has 0 saturated carbocycles. The van der Waals surface area contributed by atoms with Gasteiger partial charge in [-0.1, -0.05) is 48.9 Å². The number of allylic oxidation sites excluding steroid dienone is 2. The van der Waals surface area contributed by atoms with Crippen molar-refractivity contribution in [3.8, 4) is 0 Å². The Morgan fingerprint density at radius 1 is 1.00 bits per heavy atom. The standard InChI is InChI=1S/C20H29NO2/c22-20(21-15-17-23-18-16-21)14-10-5-3-1-2-4-7-11-19-12-8-6-9-13-19/h2,4,6,8-9,12-13H,1,3,5,7,10-11,14-18H2/b4-2+. The van der Waals surface area contributed by atoms with Gasteiger partial charge in [-0.05, 0) is 37.7 Å². The second-order valence-electron chi connectivity index (χ2n) is 6.09. The molecule has 3 heteroatoms. The zero-order valence-electron chi connectivity index (χ0n) is 14.1. The molecule has 1 aliphatic heterocycles. The number of amides is 1. The predicted octanol–water partition coefficient (Wildman–Crippen LogP) is 3.98. The lowest BCUT2D eigenvalue weighted by atomic mass is 10.1. The lowest BCUT2D eigenvalue weighted by Crippen LogP contribution is -2.40. The zero-order valence-corrected chi connectivity index (χ0v) is 14.1. The SMILES string of the molecule is O=C(CCCCC/C=C/CCc1ccccc1)N1CCOCC1. The third kappa shape index (κ3) is 7.47. The molecule has 0 atom stereocenters. The van der Waals surface area contributed by atoms with Crippen molar-refractivity contribution in [3.05, 3.63) is 48.0 Å². The van der Waals surface area contributed by atoms with Crippen LogP contribution in [0.3, 0.4) is 0 Å². The van der Waals surface area contributed by atoms with Gasteiger partial charge in [0.15, 0.2) is 0 Å². The minimum absolute atomic E-state index is 0.298. The van der Waals surface area contributed by atoms with Gasteiger partial charge in [-0.2, -0.15) is 0 Å². The summed E-state index contributed by atoms with van der Waals surface area (Å²) in [6, 6.07) is 10.6. The Bertz CT molecular complexity index is 464. The number of morpholine rings is 1. The third-order valence-electron chi connectivity index (χ3n) is 4.23. The van der Waals surface area contributed by atoms with Crippen molar-refractivity contribution in [1.82, 2.24) is 4.90 Å². The number of unbranched alkanes of at least 4 members (excludes halogenated alkanes) is 3. The van der Waals surface area contributed by atoms with Crippen LogP contribution in [0.2, 0.25) is 0 Å². The van der Waals surface area contributed by atoms with Crippen LogP contribution in [0.4, 0.5) is 0 Å². The first kappa shape index (κ1) is 17.7. The molecule has 0 radical (unpaired) electrons. The Kier molecular flexibility index (Phi) is 8.49. The van der Waals surface area contributed by atoms with Crippen LogP contribution < -0.4 is 0 Å². The van der Waals surface area contributed by atoms with Crippen LogP contribution in [-0.4, -0.2) is 37.1 Å². The molecule has 0 spiro atoms. The molecule has 2 rings (SSSR count). The van der Waals surface area contributed by atoms with Crippen LogP contribution >= 0.6 is 0 Å². The van der Waals surface area contributed by atoms with E-state index in [0.717, 1.165) is 45.2 Å². The number of hydrogen-bond donors (Lipinski definition) is 0. The molecule has 1 aliphatic rings. The number of aryl methyl sites for hydroxylation is 1. The summed E-state index contributed by atoms with van der Waals surface area (Å²) < 4.78 is 5.27. The molecule has 0 N–H and O–H groups in total. The summed E-state index contributed by atoms with van der Waals surface area (Å²) in [6.07, 6.45) is 11.9. The summed E-state index contributed by atoms with van der Waals surface area (Å²) in [5.41, 5.74) is 1.40. The fraction of sp³-hybridized carbons (Fsp3) is 0.550. The molecule has 1 fully saturated rings. The minimum Gasteiger partial charge on any atom is -0.378 e. The second kappa shape index (κ2) is 11.0. The van der Waals surface area contributed by atoms with Gasteiger partial charge in [-0.3, -0.25) is 4.79 Å². The molecule has 126 valence electrons. The van der Waals surface area contributed by atoms with Gasteiger partial charge in [0.2, 0.25) is 5.91 Å². The van der Waals surface area contributed by atoms with E-state index < -0.39 is 0 Å². The fourth-order valence-corrected chi connectivity index (χ4v) is 2.82. The minimum atomic E-state index is 0.298. The number of ether oxygens (including phenoxy) is 1. The van der Waals surface area contributed by atoms with Crippen LogP contribution in [0, 0.1) is 0 Å². The van der Waals surface area contributed by atoms with E-state index in [-0.39, 0.29) is 0 Å². The molecule has 1 heterocycles. The van der Waals surface area contributed by atoms with Crippen LogP contribution in [-0.2, 0) is 16.0 Å². The summed E-state index contributed by atoms with van der Waals surface area (Å²) in [6.45, 7) is 2.92. The predicted molar refractivity (Wildman–Crippen MR) is 94.4 cm³/mol. The quantitative estimate of drug-likeness (QED) is 0.509. The molecular formula is C20H29NO2. The van der Waals surface area contributed by atoms with Gasteiger partial charge in [0, 0.05) is 19.5 Å². The molecule has 1 amide bonds. The van der Waals surface area contributed by atoms with Gasteiger partial charge in [0.25, 0.3) is 0 Å². The van der Waals surface area contributed by atoms with Crippen molar-refractivity contribution in [1.29, 1.82) is 0 Å². The first-order valence-corrected chi connectivity index (χ1v) is 8.91. The van der Waals surface area contributed by atoms with Crippen molar-refractivity contribution in [2.45, 2.75) is 44.9 Å². The zero-order chi connectivity index (χ0) is 16.2. The van der Waals surface area contributed by atoms with Crippen molar-refractivity contribution in [2.24, 2.45) is 0 Å². The fourth-order valence-electron chi connectivity index (χ4n) is 2.82. The van der Waals surface area contributed by atoms with Gasteiger partial charge < -0.3 is 9.64 Å².